The lowest BCUT2D eigenvalue weighted by atomic mass is 10.0. The molecule has 3 nitrogen and oxygen atoms in total. The van der Waals surface area contributed by atoms with Crippen LogP contribution in [0, 0.1) is 6.92 Å². The summed E-state index contributed by atoms with van der Waals surface area (Å²) in [7, 11) is 0. The molecule has 0 fully saturated rings. The number of esters is 1. The van der Waals surface area contributed by atoms with Crippen LogP contribution in [0.5, 0.6) is 0 Å². The molecule has 1 aromatic carbocycles. The number of aryl methyl sites for hydroxylation is 1. The quantitative estimate of drug-likeness (QED) is 0.866. The van der Waals surface area contributed by atoms with Gasteiger partial charge in [0.15, 0.2) is 0 Å². The number of hydrogen-bond donors (Lipinski definition) is 1. The third-order valence-electron chi connectivity index (χ3n) is 2.30. The molecule has 0 amide bonds. The zero-order valence-electron chi connectivity index (χ0n) is 9.50. The van der Waals surface area contributed by atoms with E-state index in [1.807, 2.05) is 25.1 Å². The van der Waals surface area contributed by atoms with Crippen LogP contribution in [0.25, 0.3) is 0 Å². The molecule has 0 bridgehead atoms. The van der Waals surface area contributed by atoms with E-state index in [0.717, 1.165) is 15.6 Å². The first kappa shape index (κ1) is 13.2. The van der Waals surface area contributed by atoms with E-state index in [-0.39, 0.29) is 18.4 Å². The summed E-state index contributed by atoms with van der Waals surface area (Å²) >= 11 is 3.42. The summed E-state index contributed by atoms with van der Waals surface area (Å²) in [4.78, 5) is 11.3. The van der Waals surface area contributed by atoms with Crippen LogP contribution < -0.4 is 5.73 Å². The van der Waals surface area contributed by atoms with Crippen LogP contribution in [0.1, 0.15) is 30.5 Å². The Morgan fingerprint density at radius 2 is 2.25 bits per heavy atom. The van der Waals surface area contributed by atoms with E-state index < -0.39 is 0 Å². The number of ether oxygens (including phenoxy) is 1. The molecule has 16 heavy (non-hydrogen) atoms. The van der Waals surface area contributed by atoms with Crippen LogP contribution in [0.4, 0.5) is 0 Å². The third-order valence-corrected chi connectivity index (χ3v) is 3.19. The van der Waals surface area contributed by atoms with Crippen LogP contribution in [-0.4, -0.2) is 12.6 Å². The molecule has 0 aliphatic rings. The Hall–Kier alpha value is -0.870. The molecular formula is C12H16BrNO2. The highest BCUT2D eigenvalue weighted by Gasteiger charge is 2.12. The Labute approximate surface area is 104 Å². The van der Waals surface area contributed by atoms with Crippen molar-refractivity contribution in [1.82, 2.24) is 0 Å². The molecule has 0 aromatic heterocycles. The molecule has 1 atom stereocenters. The zero-order chi connectivity index (χ0) is 12.1. The minimum absolute atomic E-state index is 0.217. The summed E-state index contributed by atoms with van der Waals surface area (Å²) in [5.41, 5.74) is 7.99. The minimum atomic E-state index is -0.300. The van der Waals surface area contributed by atoms with Crippen molar-refractivity contribution in [3.63, 3.8) is 0 Å². The molecule has 0 saturated carbocycles. The van der Waals surface area contributed by atoms with Crippen LogP contribution in [0.2, 0.25) is 0 Å². The topological polar surface area (TPSA) is 52.3 Å². The highest BCUT2D eigenvalue weighted by atomic mass is 79.9. The van der Waals surface area contributed by atoms with Gasteiger partial charge in [0.05, 0.1) is 13.0 Å². The Morgan fingerprint density at radius 3 is 2.81 bits per heavy atom. The van der Waals surface area contributed by atoms with Gasteiger partial charge in [-0.1, -0.05) is 28.1 Å². The van der Waals surface area contributed by atoms with E-state index >= 15 is 0 Å². The van der Waals surface area contributed by atoms with Gasteiger partial charge in [-0.15, -0.1) is 0 Å². The SMILES string of the molecule is CCOC(=O)CC(N)c1ccc(Br)c(C)c1. The van der Waals surface area contributed by atoms with E-state index in [1.165, 1.54) is 0 Å². The Kier molecular flexibility index (Phi) is 4.96. The van der Waals surface area contributed by atoms with Crippen molar-refractivity contribution in [2.45, 2.75) is 26.3 Å². The van der Waals surface area contributed by atoms with Gasteiger partial charge >= 0.3 is 5.97 Å². The summed E-state index contributed by atoms with van der Waals surface area (Å²) in [6.07, 6.45) is 0.217. The standard InChI is InChI=1S/C12H16BrNO2/c1-3-16-12(15)7-11(14)9-4-5-10(13)8(2)6-9/h4-6,11H,3,7,14H2,1-2H3. The number of nitrogens with two attached hydrogens (primary N) is 1. The van der Waals surface area contributed by atoms with Crippen molar-refractivity contribution in [3.8, 4) is 0 Å². The van der Waals surface area contributed by atoms with Crippen LogP contribution in [0.3, 0.4) is 0 Å². The maximum Gasteiger partial charge on any atom is 0.307 e. The third kappa shape index (κ3) is 3.61. The van der Waals surface area contributed by atoms with Crippen LogP contribution in [0.15, 0.2) is 22.7 Å². The Morgan fingerprint density at radius 1 is 1.56 bits per heavy atom. The highest BCUT2D eigenvalue weighted by molar-refractivity contribution is 9.10. The van der Waals surface area contributed by atoms with Gasteiger partial charge in [-0.05, 0) is 31.0 Å². The summed E-state index contributed by atoms with van der Waals surface area (Å²) in [5.74, 6) is -0.254. The molecule has 4 heteroatoms. The maximum atomic E-state index is 11.3. The van der Waals surface area contributed by atoms with Crippen LogP contribution >= 0.6 is 15.9 Å². The molecule has 0 spiro atoms. The number of benzene rings is 1. The molecule has 88 valence electrons. The van der Waals surface area contributed by atoms with E-state index in [4.69, 9.17) is 10.5 Å². The summed E-state index contributed by atoms with van der Waals surface area (Å²) in [6, 6.07) is 5.54. The second-order valence-electron chi connectivity index (χ2n) is 3.62. The summed E-state index contributed by atoms with van der Waals surface area (Å²) < 4.78 is 5.90. The fourth-order valence-electron chi connectivity index (χ4n) is 1.42. The minimum Gasteiger partial charge on any atom is -0.466 e. The predicted octanol–water partition coefficient (Wildman–Crippen LogP) is 2.71. The lowest BCUT2D eigenvalue weighted by Gasteiger charge is -2.12. The second kappa shape index (κ2) is 6.01. The number of carbonyl (C=O) groups excluding carboxylic acids is 1. The first-order valence-corrected chi connectivity index (χ1v) is 6.01. The molecule has 0 radical (unpaired) electrons. The summed E-state index contributed by atoms with van der Waals surface area (Å²) in [6.45, 7) is 4.17. The fraction of sp³-hybridized carbons (Fsp3) is 0.417. The molecule has 1 aromatic rings. The van der Waals surface area contributed by atoms with Crippen molar-refractivity contribution in [2.24, 2.45) is 5.73 Å². The van der Waals surface area contributed by atoms with E-state index in [2.05, 4.69) is 15.9 Å². The van der Waals surface area contributed by atoms with Crippen molar-refractivity contribution in [3.05, 3.63) is 33.8 Å². The average molecular weight is 286 g/mol. The Bertz CT molecular complexity index is 379. The zero-order valence-corrected chi connectivity index (χ0v) is 11.1. The molecule has 1 unspecified atom stereocenters. The van der Waals surface area contributed by atoms with Gasteiger partial charge in [-0.25, -0.2) is 0 Å². The molecule has 0 aliphatic heterocycles. The van der Waals surface area contributed by atoms with Gasteiger partial charge in [0.1, 0.15) is 0 Å². The number of rotatable bonds is 4. The van der Waals surface area contributed by atoms with E-state index in [9.17, 15) is 4.79 Å². The predicted molar refractivity (Wildman–Crippen MR) is 67.1 cm³/mol. The number of halogens is 1. The van der Waals surface area contributed by atoms with E-state index in [0.29, 0.717) is 6.61 Å². The molecule has 0 aliphatic carbocycles. The van der Waals surface area contributed by atoms with Crippen molar-refractivity contribution in [1.29, 1.82) is 0 Å². The van der Waals surface area contributed by atoms with Gasteiger partial charge in [-0.3, -0.25) is 4.79 Å². The fourth-order valence-corrected chi connectivity index (χ4v) is 1.66. The number of hydrogen-bond acceptors (Lipinski definition) is 3. The average Bonchev–Trinajstić information content (AvgIpc) is 2.22. The normalized spacial score (nSPS) is 12.2. The van der Waals surface area contributed by atoms with Crippen LogP contribution in [-0.2, 0) is 9.53 Å². The molecule has 1 rings (SSSR count). The second-order valence-corrected chi connectivity index (χ2v) is 4.48. The summed E-state index contributed by atoms with van der Waals surface area (Å²) in [5, 5.41) is 0. The number of carbonyl (C=O) groups is 1. The van der Waals surface area contributed by atoms with Gasteiger partial charge in [0.25, 0.3) is 0 Å². The van der Waals surface area contributed by atoms with E-state index in [1.54, 1.807) is 6.92 Å². The highest BCUT2D eigenvalue weighted by Crippen LogP contribution is 2.21. The molecule has 0 saturated heterocycles. The molecule has 2 N–H and O–H groups in total. The largest absolute Gasteiger partial charge is 0.466 e. The lowest BCUT2D eigenvalue weighted by Crippen LogP contribution is -2.17. The maximum absolute atomic E-state index is 11.3. The van der Waals surface area contributed by atoms with Gasteiger partial charge < -0.3 is 10.5 Å². The first-order chi connectivity index (χ1) is 7.54. The van der Waals surface area contributed by atoms with Crippen molar-refractivity contribution in [2.75, 3.05) is 6.61 Å². The lowest BCUT2D eigenvalue weighted by molar-refractivity contribution is -0.143. The smallest absolute Gasteiger partial charge is 0.307 e. The van der Waals surface area contributed by atoms with Gasteiger partial charge in [-0.2, -0.15) is 0 Å². The molecular weight excluding hydrogens is 270 g/mol. The molecule has 0 heterocycles. The Balaban J connectivity index is 2.69. The van der Waals surface area contributed by atoms with Crippen molar-refractivity contribution >= 4 is 21.9 Å². The monoisotopic (exact) mass is 285 g/mol. The first-order valence-electron chi connectivity index (χ1n) is 5.21. The van der Waals surface area contributed by atoms with Gasteiger partial charge in [0.2, 0.25) is 0 Å². The van der Waals surface area contributed by atoms with Crippen molar-refractivity contribution < 1.29 is 9.53 Å². The van der Waals surface area contributed by atoms with Gasteiger partial charge in [0, 0.05) is 10.5 Å².